The first-order valence-corrected chi connectivity index (χ1v) is 5.71. The van der Waals surface area contributed by atoms with Crippen LogP contribution in [-0.4, -0.2) is 14.8 Å². The average Bonchev–Trinajstić information content (AvgIpc) is 2.62. The summed E-state index contributed by atoms with van der Waals surface area (Å²) in [5.74, 6) is 0.541. The summed E-state index contributed by atoms with van der Waals surface area (Å²) in [6.07, 6.45) is 0.975. The molecule has 0 atom stereocenters. The summed E-state index contributed by atoms with van der Waals surface area (Å²) in [6, 6.07) is 8.30. The number of pyridine rings is 1. The third-order valence-corrected chi connectivity index (χ3v) is 3.13. The number of anilines is 1. The lowest BCUT2D eigenvalue weighted by atomic mass is 10.1. The maximum Gasteiger partial charge on any atom is 0.160 e. The van der Waals surface area contributed by atoms with Crippen LogP contribution in [0.15, 0.2) is 24.3 Å². The highest BCUT2D eigenvalue weighted by Crippen LogP contribution is 2.25. The number of aromatic nitrogens is 3. The second kappa shape index (κ2) is 3.45. The Morgan fingerprint density at radius 3 is 2.94 bits per heavy atom. The Morgan fingerprint density at radius 2 is 2.18 bits per heavy atom. The van der Waals surface area contributed by atoms with Gasteiger partial charge in [0, 0.05) is 12.4 Å². The minimum absolute atomic E-state index is 0.541. The molecule has 17 heavy (non-hydrogen) atoms. The van der Waals surface area contributed by atoms with Crippen LogP contribution >= 0.6 is 0 Å². The molecule has 0 bridgehead atoms. The predicted octanol–water partition coefficient (Wildman–Crippen LogP) is 2.27. The zero-order chi connectivity index (χ0) is 12.0. The van der Waals surface area contributed by atoms with Gasteiger partial charge < -0.3 is 5.73 Å². The van der Waals surface area contributed by atoms with Crippen LogP contribution in [0.3, 0.4) is 0 Å². The van der Waals surface area contributed by atoms with Gasteiger partial charge in [-0.15, -0.1) is 0 Å². The molecule has 86 valence electrons. The Morgan fingerprint density at radius 1 is 1.35 bits per heavy atom. The molecule has 4 nitrogen and oxygen atoms in total. The van der Waals surface area contributed by atoms with Gasteiger partial charge in [-0.05, 0) is 18.1 Å². The number of para-hydroxylation sites is 1. The second-order valence-corrected chi connectivity index (χ2v) is 4.21. The summed E-state index contributed by atoms with van der Waals surface area (Å²) in [7, 11) is 1.87. The fourth-order valence-corrected chi connectivity index (χ4v) is 2.23. The van der Waals surface area contributed by atoms with Crippen LogP contribution in [0.5, 0.6) is 0 Å². The Hall–Kier alpha value is -2.10. The largest absolute Gasteiger partial charge is 0.382 e. The zero-order valence-electron chi connectivity index (χ0n) is 9.94. The number of nitrogens with two attached hydrogens (primary N) is 1. The van der Waals surface area contributed by atoms with Gasteiger partial charge in [-0.2, -0.15) is 5.10 Å². The molecule has 0 aliphatic rings. The van der Waals surface area contributed by atoms with Crippen LogP contribution in [-0.2, 0) is 13.5 Å². The van der Waals surface area contributed by atoms with E-state index >= 15 is 0 Å². The quantitative estimate of drug-likeness (QED) is 0.692. The molecule has 3 aromatic rings. The molecule has 0 spiro atoms. The fraction of sp³-hybridized carbons (Fsp3) is 0.231. The van der Waals surface area contributed by atoms with Crippen LogP contribution in [0.2, 0.25) is 0 Å². The third-order valence-electron chi connectivity index (χ3n) is 3.13. The van der Waals surface area contributed by atoms with Gasteiger partial charge in [-0.1, -0.05) is 25.1 Å². The number of nitrogens with zero attached hydrogens (tertiary/aromatic N) is 3. The lowest BCUT2D eigenvalue weighted by molar-refractivity contribution is 0.792. The lowest BCUT2D eigenvalue weighted by Crippen LogP contribution is -1.94. The highest BCUT2D eigenvalue weighted by atomic mass is 15.3. The summed E-state index contributed by atoms with van der Waals surface area (Å²) in [6.45, 7) is 2.14. The molecule has 2 aromatic heterocycles. The van der Waals surface area contributed by atoms with Gasteiger partial charge in [-0.3, -0.25) is 0 Å². The van der Waals surface area contributed by atoms with E-state index in [4.69, 9.17) is 5.73 Å². The fourth-order valence-electron chi connectivity index (χ4n) is 2.23. The molecule has 2 N–H and O–H groups in total. The number of rotatable bonds is 1. The van der Waals surface area contributed by atoms with Crippen LogP contribution < -0.4 is 5.73 Å². The van der Waals surface area contributed by atoms with E-state index in [1.54, 1.807) is 4.68 Å². The van der Waals surface area contributed by atoms with Gasteiger partial charge in [0.1, 0.15) is 0 Å². The number of hydrogen-bond donors (Lipinski definition) is 1. The van der Waals surface area contributed by atoms with Crippen molar-refractivity contribution in [2.24, 2.45) is 7.05 Å². The van der Waals surface area contributed by atoms with E-state index in [1.807, 2.05) is 7.05 Å². The highest BCUT2D eigenvalue weighted by molar-refractivity contribution is 5.97. The molecule has 0 fully saturated rings. The summed E-state index contributed by atoms with van der Waals surface area (Å²) in [5.41, 5.74) is 9.01. The molecule has 0 unspecified atom stereocenters. The third kappa shape index (κ3) is 1.37. The van der Waals surface area contributed by atoms with Crippen LogP contribution in [0.25, 0.3) is 21.9 Å². The van der Waals surface area contributed by atoms with Crippen molar-refractivity contribution in [3.63, 3.8) is 0 Å². The van der Waals surface area contributed by atoms with Gasteiger partial charge in [-0.25, -0.2) is 9.67 Å². The summed E-state index contributed by atoms with van der Waals surface area (Å²) in [5, 5.41) is 6.25. The minimum Gasteiger partial charge on any atom is -0.382 e. The van der Waals surface area contributed by atoms with E-state index in [1.165, 1.54) is 5.56 Å². The number of aryl methyl sites for hydroxylation is 2. The Kier molecular flexibility index (Phi) is 2.04. The first kappa shape index (κ1) is 10.1. The van der Waals surface area contributed by atoms with Gasteiger partial charge >= 0.3 is 0 Å². The molecular weight excluding hydrogens is 212 g/mol. The second-order valence-electron chi connectivity index (χ2n) is 4.21. The molecule has 1 aromatic carbocycles. The smallest absolute Gasteiger partial charge is 0.160 e. The van der Waals surface area contributed by atoms with Crippen LogP contribution in [0.1, 0.15) is 12.5 Å². The molecular formula is C13H14N4. The summed E-state index contributed by atoms with van der Waals surface area (Å²) >= 11 is 0. The van der Waals surface area contributed by atoms with Crippen molar-refractivity contribution < 1.29 is 0 Å². The van der Waals surface area contributed by atoms with Crippen LogP contribution in [0.4, 0.5) is 5.82 Å². The maximum atomic E-state index is 5.87. The molecule has 0 saturated heterocycles. The molecule has 3 rings (SSSR count). The zero-order valence-corrected chi connectivity index (χ0v) is 9.94. The highest BCUT2D eigenvalue weighted by Gasteiger charge is 2.10. The predicted molar refractivity (Wildman–Crippen MR) is 69.8 cm³/mol. The number of hydrogen-bond acceptors (Lipinski definition) is 3. The number of fused-ring (bicyclic) bond motifs is 2. The Bertz CT molecular complexity index is 712. The van der Waals surface area contributed by atoms with Gasteiger partial charge in [0.15, 0.2) is 11.5 Å². The lowest BCUT2D eigenvalue weighted by Gasteiger charge is -2.04. The minimum atomic E-state index is 0.541. The SMILES string of the molecule is CCc1cccc2cc3c(N)nn(C)c3nc12. The first-order chi connectivity index (χ1) is 8.20. The average molecular weight is 226 g/mol. The van der Waals surface area contributed by atoms with Gasteiger partial charge in [0.2, 0.25) is 0 Å². The van der Waals surface area contributed by atoms with Crippen molar-refractivity contribution in [3.8, 4) is 0 Å². The van der Waals surface area contributed by atoms with Crippen molar-refractivity contribution >= 4 is 27.8 Å². The Balaban J connectivity index is 2.50. The van der Waals surface area contributed by atoms with E-state index in [-0.39, 0.29) is 0 Å². The van der Waals surface area contributed by atoms with Crippen LogP contribution in [0, 0.1) is 0 Å². The number of nitrogen functional groups attached to an aromatic ring is 1. The van der Waals surface area contributed by atoms with Crippen molar-refractivity contribution in [1.29, 1.82) is 0 Å². The topological polar surface area (TPSA) is 56.7 Å². The molecule has 0 aliphatic heterocycles. The summed E-state index contributed by atoms with van der Waals surface area (Å²) < 4.78 is 1.73. The van der Waals surface area contributed by atoms with Crippen molar-refractivity contribution in [2.45, 2.75) is 13.3 Å². The molecule has 0 aliphatic carbocycles. The van der Waals surface area contributed by atoms with E-state index < -0.39 is 0 Å². The molecule has 0 radical (unpaired) electrons. The monoisotopic (exact) mass is 226 g/mol. The van der Waals surface area contributed by atoms with E-state index in [2.05, 4.69) is 41.3 Å². The maximum absolute atomic E-state index is 5.87. The van der Waals surface area contributed by atoms with Gasteiger partial charge in [0.05, 0.1) is 10.9 Å². The van der Waals surface area contributed by atoms with Crippen molar-refractivity contribution in [3.05, 3.63) is 29.8 Å². The summed E-state index contributed by atoms with van der Waals surface area (Å²) in [4.78, 5) is 4.69. The Labute approximate surface area is 99.1 Å². The van der Waals surface area contributed by atoms with Crippen molar-refractivity contribution in [2.75, 3.05) is 5.73 Å². The normalized spacial score (nSPS) is 11.4. The molecule has 4 heteroatoms. The van der Waals surface area contributed by atoms with Crippen molar-refractivity contribution in [1.82, 2.24) is 14.8 Å². The molecule has 0 saturated carbocycles. The first-order valence-electron chi connectivity index (χ1n) is 5.71. The van der Waals surface area contributed by atoms with E-state index in [0.717, 1.165) is 28.4 Å². The molecule has 2 heterocycles. The van der Waals surface area contributed by atoms with E-state index in [0.29, 0.717) is 5.82 Å². The van der Waals surface area contributed by atoms with E-state index in [9.17, 15) is 0 Å². The number of benzene rings is 1. The molecule has 0 amide bonds. The standard InChI is InChI=1S/C13H14N4/c1-3-8-5-4-6-9-7-10-12(14)16-17(2)13(10)15-11(8)9/h4-7H,3H2,1-2H3,(H2,14,16). The van der Waals surface area contributed by atoms with Gasteiger partial charge in [0.25, 0.3) is 0 Å².